The van der Waals surface area contributed by atoms with Gasteiger partial charge >= 0.3 is 0 Å². The number of pyridine rings is 1. The molecule has 2 rings (SSSR count). The van der Waals surface area contributed by atoms with Gasteiger partial charge < -0.3 is 10.3 Å². The summed E-state index contributed by atoms with van der Waals surface area (Å²) in [7, 11) is 0. The predicted molar refractivity (Wildman–Crippen MR) is 87.1 cm³/mol. The quantitative estimate of drug-likeness (QED) is 0.913. The first-order chi connectivity index (χ1) is 9.27. The largest absolute Gasteiger partial charge is 0.394 e. The van der Waals surface area contributed by atoms with Crippen molar-refractivity contribution in [2.45, 2.75) is 32.7 Å². The zero-order valence-corrected chi connectivity index (χ0v) is 13.6. The van der Waals surface area contributed by atoms with Crippen LogP contribution in [0.5, 0.6) is 0 Å². The lowest BCUT2D eigenvalue weighted by Gasteiger charge is -2.19. The first-order valence-corrected chi connectivity index (χ1v) is 7.31. The Kier molecular flexibility index (Phi) is 4.04. The molecule has 20 heavy (non-hydrogen) atoms. The van der Waals surface area contributed by atoms with E-state index in [0.717, 1.165) is 0 Å². The van der Waals surface area contributed by atoms with E-state index < -0.39 is 0 Å². The van der Waals surface area contributed by atoms with E-state index in [-0.39, 0.29) is 16.5 Å². The van der Waals surface area contributed by atoms with Crippen LogP contribution >= 0.6 is 15.9 Å². The fraction of sp³-hybridized carbons (Fsp3) is 0.312. The number of nitrogens with zero attached hydrogens (tertiary/aromatic N) is 1. The van der Waals surface area contributed by atoms with E-state index in [1.54, 1.807) is 12.4 Å². The smallest absolute Gasteiger partial charge is 0.218 e. The molecule has 0 amide bonds. The average Bonchev–Trinajstić information content (AvgIpc) is 2.35. The third-order valence-corrected chi connectivity index (χ3v) is 3.81. The molecular weight excluding hydrogens is 316 g/mol. The number of rotatable bonds is 2. The van der Waals surface area contributed by atoms with Gasteiger partial charge in [-0.15, -0.1) is 0 Å². The maximum Gasteiger partial charge on any atom is 0.218 e. The third kappa shape index (κ3) is 3.31. The van der Waals surface area contributed by atoms with Gasteiger partial charge in [-0.05, 0) is 32.5 Å². The van der Waals surface area contributed by atoms with Gasteiger partial charge in [0.05, 0.1) is 10.2 Å². The van der Waals surface area contributed by atoms with Crippen LogP contribution < -0.4 is 11.2 Å². The number of hydrogen-bond donors (Lipinski definition) is 1. The lowest BCUT2D eigenvalue weighted by molar-refractivity contribution is 0.589. The topological polar surface area (TPSA) is 48.0 Å². The van der Waals surface area contributed by atoms with Crippen LogP contribution in [-0.2, 0) is 12.0 Å². The van der Waals surface area contributed by atoms with Crippen LogP contribution in [0.2, 0.25) is 0 Å². The molecule has 2 N–H and O–H groups in total. The minimum Gasteiger partial charge on any atom is -0.394 e. The van der Waals surface area contributed by atoms with E-state index in [0.29, 0.717) is 11.0 Å². The van der Waals surface area contributed by atoms with E-state index >= 15 is 0 Å². The van der Waals surface area contributed by atoms with Gasteiger partial charge in [0.25, 0.3) is 0 Å². The third-order valence-electron chi connectivity index (χ3n) is 3.25. The molecule has 0 unspecified atom stereocenters. The van der Waals surface area contributed by atoms with Crippen molar-refractivity contribution >= 4 is 21.6 Å². The van der Waals surface area contributed by atoms with Crippen molar-refractivity contribution in [2.24, 2.45) is 0 Å². The summed E-state index contributed by atoms with van der Waals surface area (Å²) in [6.07, 6.45) is 3.43. The number of anilines is 1. The fourth-order valence-electron chi connectivity index (χ4n) is 2.03. The van der Waals surface area contributed by atoms with Gasteiger partial charge in [0.1, 0.15) is 0 Å². The summed E-state index contributed by atoms with van der Waals surface area (Å²) in [4.78, 5) is 11.5. The Balaban J connectivity index is 2.25. The predicted octanol–water partition coefficient (Wildman–Crippen LogP) is 3.54. The molecule has 0 radical (unpaired) electrons. The van der Waals surface area contributed by atoms with Crippen molar-refractivity contribution < 1.29 is 0 Å². The summed E-state index contributed by atoms with van der Waals surface area (Å²) in [6.45, 7) is 7.28. The molecule has 0 saturated heterocycles. The fourth-order valence-corrected chi connectivity index (χ4v) is 2.52. The molecule has 0 aliphatic rings. The standard InChI is InChI=1S/C16H19BrN2O/c1-16(2,3)12-6-4-11(5-7-12)8-19-9-13(17)15(20)14(18)10-19/h4-7,9-10H,8,18H2,1-3H3. The summed E-state index contributed by atoms with van der Waals surface area (Å²) in [5, 5.41) is 0. The van der Waals surface area contributed by atoms with Crippen molar-refractivity contribution in [3.05, 3.63) is 62.5 Å². The number of benzene rings is 1. The lowest BCUT2D eigenvalue weighted by Crippen LogP contribution is -2.14. The van der Waals surface area contributed by atoms with Gasteiger partial charge in [-0.25, -0.2) is 0 Å². The zero-order chi connectivity index (χ0) is 14.9. The van der Waals surface area contributed by atoms with E-state index in [1.165, 1.54) is 11.1 Å². The van der Waals surface area contributed by atoms with Crippen LogP contribution in [0.15, 0.2) is 45.9 Å². The minimum absolute atomic E-state index is 0.156. The first-order valence-electron chi connectivity index (χ1n) is 6.52. The molecule has 1 aromatic carbocycles. The molecule has 1 heterocycles. The Morgan fingerprint density at radius 3 is 2.25 bits per heavy atom. The van der Waals surface area contributed by atoms with Crippen molar-refractivity contribution in [1.82, 2.24) is 4.57 Å². The summed E-state index contributed by atoms with van der Waals surface area (Å²) in [5.74, 6) is 0. The molecule has 0 spiro atoms. The van der Waals surface area contributed by atoms with Crippen molar-refractivity contribution in [3.63, 3.8) is 0 Å². The monoisotopic (exact) mass is 334 g/mol. The number of halogens is 1. The van der Waals surface area contributed by atoms with E-state index in [4.69, 9.17) is 5.73 Å². The molecule has 0 aliphatic heterocycles. The maximum atomic E-state index is 11.5. The number of hydrogen-bond acceptors (Lipinski definition) is 2. The average molecular weight is 335 g/mol. The highest BCUT2D eigenvalue weighted by Crippen LogP contribution is 2.22. The Morgan fingerprint density at radius 2 is 1.75 bits per heavy atom. The second kappa shape index (κ2) is 5.44. The molecule has 0 saturated carbocycles. The Labute approximate surface area is 127 Å². The molecule has 0 bridgehead atoms. The number of nitrogen functional groups attached to an aromatic ring is 1. The molecule has 3 nitrogen and oxygen atoms in total. The normalized spacial score (nSPS) is 11.6. The van der Waals surface area contributed by atoms with E-state index in [1.807, 2.05) is 4.57 Å². The van der Waals surface area contributed by atoms with Crippen molar-refractivity contribution in [1.29, 1.82) is 0 Å². The zero-order valence-electron chi connectivity index (χ0n) is 12.0. The lowest BCUT2D eigenvalue weighted by atomic mass is 9.87. The van der Waals surface area contributed by atoms with Crippen LogP contribution in [-0.4, -0.2) is 4.57 Å². The SMILES string of the molecule is CC(C)(C)c1ccc(Cn2cc(N)c(=O)c(Br)c2)cc1. The molecule has 1 aromatic heterocycles. The van der Waals surface area contributed by atoms with Gasteiger partial charge in [0.15, 0.2) is 0 Å². The van der Waals surface area contributed by atoms with Crippen LogP contribution in [0.4, 0.5) is 5.69 Å². The highest BCUT2D eigenvalue weighted by molar-refractivity contribution is 9.10. The Bertz CT molecular complexity index is 640. The molecule has 0 aliphatic carbocycles. The Hall–Kier alpha value is -1.55. The minimum atomic E-state index is -0.163. The molecular formula is C16H19BrN2O. The Morgan fingerprint density at radius 1 is 1.15 bits per heavy atom. The van der Waals surface area contributed by atoms with Crippen LogP contribution in [0.25, 0.3) is 0 Å². The van der Waals surface area contributed by atoms with Gasteiger partial charge in [-0.1, -0.05) is 45.0 Å². The van der Waals surface area contributed by atoms with Crippen LogP contribution in [0.3, 0.4) is 0 Å². The molecule has 2 aromatic rings. The second-order valence-corrected chi connectivity index (χ2v) is 6.86. The van der Waals surface area contributed by atoms with Gasteiger partial charge in [0.2, 0.25) is 5.43 Å². The van der Waals surface area contributed by atoms with Gasteiger partial charge in [0, 0.05) is 18.9 Å². The maximum absolute atomic E-state index is 11.5. The summed E-state index contributed by atoms with van der Waals surface area (Å²) in [5.41, 5.74) is 8.42. The highest BCUT2D eigenvalue weighted by Gasteiger charge is 2.12. The number of aromatic nitrogens is 1. The first kappa shape index (κ1) is 14.9. The highest BCUT2D eigenvalue weighted by atomic mass is 79.9. The van der Waals surface area contributed by atoms with Crippen molar-refractivity contribution in [2.75, 3.05) is 5.73 Å². The number of nitrogens with two attached hydrogens (primary N) is 1. The van der Waals surface area contributed by atoms with Gasteiger partial charge in [-0.3, -0.25) is 4.79 Å². The summed E-state index contributed by atoms with van der Waals surface area (Å²) >= 11 is 3.23. The second-order valence-electron chi connectivity index (χ2n) is 6.01. The van der Waals surface area contributed by atoms with E-state index in [2.05, 4.69) is 61.0 Å². The van der Waals surface area contributed by atoms with Crippen molar-refractivity contribution in [3.8, 4) is 0 Å². The van der Waals surface area contributed by atoms with E-state index in [9.17, 15) is 4.79 Å². The molecule has 106 valence electrons. The molecule has 0 fully saturated rings. The van der Waals surface area contributed by atoms with Gasteiger partial charge in [-0.2, -0.15) is 0 Å². The summed E-state index contributed by atoms with van der Waals surface area (Å²) in [6, 6.07) is 8.53. The molecule has 0 atom stereocenters. The molecule has 4 heteroatoms. The van der Waals surface area contributed by atoms with Crippen LogP contribution in [0.1, 0.15) is 31.9 Å². The summed E-state index contributed by atoms with van der Waals surface area (Å²) < 4.78 is 2.40. The van der Waals surface area contributed by atoms with Crippen LogP contribution in [0, 0.1) is 0 Å².